The largest absolute Gasteiger partial charge is 0.386 e. The van der Waals surface area contributed by atoms with Gasteiger partial charge in [-0.1, -0.05) is 29.8 Å². The van der Waals surface area contributed by atoms with Crippen molar-refractivity contribution < 1.29 is 9.90 Å². The first-order valence-electron chi connectivity index (χ1n) is 4.87. The van der Waals surface area contributed by atoms with Crippen LogP contribution in [-0.4, -0.2) is 38.9 Å². The third-order valence-electron chi connectivity index (χ3n) is 2.80. The van der Waals surface area contributed by atoms with Crippen LogP contribution in [0, 0.1) is 5.92 Å². The molecule has 1 amide bonds. The molecule has 1 fully saturated rings. The first-order chi connectivity index (χ1) is 6.17. The Kier molecular flexibility index (Phi) is 2.99. The Morgan fingerprint density at radius 1 is 1.50 bits per heavy atom. The molecule has 14 heavy (non-hydrogen) atoms. The number of aliphatic hydroxyl groups is 1. The second kappa shape index (κ2) is 3.49. The zero-order valence-corrected chi connectivity index (χ0v) is 10.8. The molecule has 0 aliphatic carbocycles. The molecule has 82 valence electrons. The summed E-state index contributed by atoms with van der Waals surface area (Å²) in [6.45, 7) is 8.50. The van der Waals surface area contributed by atoms with E-state index in [-0.39, 0.29) is 11.8 Å². The summed E-state index contributed by atoms with van der Waals surface area (Å²) in [5, 5.41) is 9.96. The van der Waals surface area contributed by atoms with Crippen LogP contribution < -0.4 is 0 Å². The van der Waals surface area contributed by atoms with Crippen molar-refractivity contribution in [1.82, 2.24) is 4.90 Å². The minimum atomic E-state index is -0.673. The molecule has 1 saturated heterocycles. The summed E-state index contributed by atoms with van der Waals surface area (Å²) in [5.41, 5.74) is -0.673. The highest BCUT2D eigenvalue weighted by atomic mass is 79.9. The Balaban J connectivity index is 2.54. The third-order valence-corrected chi connectivity index (χ3v) is 3.14. The van der Waals surface area contributed by atoms with Gasteiger partial charge in [-0.05, 0) is 19.8 Å². The molecule has 0 aromatic carbocycles. The van der Waals surface area contributed by atoms with Gasteiger partial charge in [-0.15, -0.1) is 0 Å². The molecule has 1 heterocycles. The Hall–Kier alpha value is -0.0900. The van der Waals surface area contributed by atoms with Crippen molar-refractivity contribution >= 4 is 21.8 Å². The van der Waals surface area contributed by atoms with Crippen molar-refractivity contribution in [2.75, 3.05) is 13.1 Å². The number of β-amino-alcohol motifs (C(OH)–C–C–N with tert-alkyl or cyclic N) is 1. The van der Waals surface area contributed by atoms with Crippen LogP contribution in [0.3, 0.4) is 0 Å². The van der Waals surface area contributed by atoms with Gasteiger partial charge in [-0.25, -0.2) is 0 Å². The normalized spacial score (nSPS) is 20.9. The third kappa shape index (κ3) is 2.11. The van der Waals surface area contributed by atoms with E-state index in [1.807, 2.05) is 27.7 Å². The van der Waals surface area contributed by atoms with Crippen LogP contribution in [0.1, 0.15) is 27.7 Å². The second-order valence-corrected chi connectivity index (χ2v) is 6.87. The average molecular weight is 264 g/mol. The Labute approximate surface area is 93.6 Å². The Morgan fingerprint density at radius 2 is 1.93 bits per heavy atom. The molecular formula is C10H18BrNO2. The number of hydrogen-bond acceptors (Lipinski definition) is 2. The summed E-state index contributed by atoms with van der Waals surface area (Å²) in [5.74, 6) is 0.243. The number of hydrogen-bond donors (Lipinski definition) is 1. The molecule has 0 bridgehead atoms. The highest BCUT2D eigenvalue weighted by Crippen LogP contribution is 2.32. The number of likely N-dealkylation sites (tertiary alicyclic amines) is 1. The summed E-state index contributed by atoms with van der Waals surface area (Å²) < 4.78 is -0.523. The fraction of sp³-hybridized carbons (Fsp3) is 0.900. The van der Waals surface area contributed by atoms with E-state index in [1.165, 1.54) is 0 Å². The zero-order valence-electron chi connectivity index (χ0n) is 9.17. The first-order valence-corrected chi connectivity index (χ1v) is 5.67. The molecule has 0 aromatic rings. The molecule has 3 nitrogen and oxygen atoms in total. The van der Waals surface area contributed by atoms with Crippen LogP contribution in [0.4, 0.5) is 0 Å². The summed E-state index contributed by atoms with van der Waals surface area (Å²) in [7, 11) is 0. The predicted octanol–water partition coefficient (Wildman–Crippen LogP) is 1.39. The van der Waals surface area contributed by atoms with Crippen LogP contribution >= 0.6 is 15.9 Å². The van der Waals surface area contributed by atoms with E-state index in [9.17, 15) is 9.90 Å². The summed E-state index contributed by atoms with van der Waals surface area (Å²) in [6, 6.07) is 0. The zero-order chi connectivity index (χ0) is 11.1. The van der Waals surface area contributed by atoms with Gasteiger partial charge in [0.1, 0.15) is 5.60 Å². The number of amides is 1. The van der Waals surface area contributed by atoms with Gasteiger partial charge in [-0.2, -0.15) is 0 Å². The number of rotatable bonds is 2. The molecule has 0 aromatic heterocycles. The fourth-order valence-corrected chi connectivity index (χ4v) is 1.75. The number of carbonyl (C=O) groups excluding carboxylic acids is 1. The van der Waals surface area contributed by atoms with E-state index in [0.717, 1.165) is 0 Å². The van der Waals surface area contributed by atoms with Crippen LogP contribution in [0.2, 0.25) is 0 Å². The minimum Gasteiger partial charge on any atom is -0.386 e. The van der Waals surface area contributed by atoms with Crippen LogP contribution in [-0.2, 0) is 4.79 Å². The molecule has 1 rings (SSSR count). The number of nitrogens with zero attached hydrogens (tertiary/aromatic N) is 1. The van der Waals surface area contributed by atoms with Gasteiger partial charge in [-0.3, -0.25) is 4.79 Å². The molecule has 1 aliphatic rings. The lowest BCUT2D eigenvalue weighted by molar-refractivity contribution is -0.165. The lowest BCUT2D eigenvalue weighted by Crippen LogP contribution is -2.67. The molecule has 0 radical (unpaired) electrons. The molecule has 0 saturated carbocycles. The topological polar surface area (TPSA) is 40.5 Å². The van der Waals surface area contributed by atoms with Gasteiger partial charge >= 0.3 is 0 Å². The van der Waals surface area contributed by atoms with Crippen molar-refractivity contribution in [3.8, 4) is 0 Å². The number of carbonyl (C=O) groups is 1. The van der Waals surface area contributed by atoms with E-state index in [0.29, 0.717) is 13.1 Å². The maximum atomic E-state index is 11.7. The SMILES string of the molecule is CC(C)C1(O)CN(C(=O)C(C)(C)Br)C1. The van der Waals surface area contributed by atoms with Crippen molar-refractivity contribution in [3.63, 3.8) is 0 Å². The molecule has 1 aliphatic heterocycles. The number of alkyl halides is 1. The van der Waals surface area contributed by atoms with Gasteiger partial charge in [0, 0.05) is 0 Å². The standard InChI is InChI=1S/C10H18BrNO2/c1-7(2)10(14)5-12(6-10)8(13)9(3,4)11/h7,14H,5-6H2,1-4H3. The summed E-state index contributed by atoms with van der Waals surface area (Å²) >= 11 is 3.32. The Bertz CT molecular complexity index is 239. The average Bonchev–Trinajstić information content (AvgIpc) is 1.95. The molecule has 0 unspecified atom stereocenters. The summed E-state index contributed by atoms with van der Waals surface area (Å²) in [4.78, 5) is 13.4. The van der Waals surface area contributed by atoms with Gasteiger partial charge in [0.15, 0.2) is 0 Å². The van der Waals surface area contributed by atoms with Crippen molar-refractivity contribution in [1.29, 1.82) is 0 Å². The van der Waals surface area contributed by atoms with Crippen molar-refractivity contribution in [3.05, 3.63) is 0 Å². The van der Waals surface area contributed by atoms with Gasteiger partial charge < -0.3 is 10.0 Å². The predicted molar refractivity (Wildman–Crippen MR) is 59.4 cm³/mol. The van der Waals surface area contributed by atoms with Crippen LogP contribution in [0.5, 0.6) is 0 Å². The molecule has 0 atom stereocenters. The number of halogens is 1. The molecular weight excluding hydrogens is 246 g/mol. The van der Waals surface area contributed by atoms with Crippen molar-refractivity contribution in [2.45, 2.75) is 37.6 Å². The quantitative estimate of drug-likeness (QED) is 0.766. The lowest BCUT2D eigenvalue weighted by atomic mass is 9.82. The molecule has 1 N–H and O–H groups in total. The lowest BCUT2D eigenvalue weighted by Gasteiger charge is -2.50. The van der Waals surface area contributed by atoms with Gasteiger partial charge in [0.2, 0.25) is 5.91 Å². The van der Waals surface area contributed by atoms with Crippen LogP contribution in [0.15, 0.2) is 0 Å². The van der Waals surface area contributed by atoms with E-state index in [2.05, 4.69) is 15.9 Å². The van der Waals surface area contributed by atoms with Gasteiger partial charge in [0.25, 0.3) is 0 Å². The van der Waals surface area contributed by atoms with Crippen LogP contribution in [0.25, 0.3) is 0 Å². The monoisotopic (exact) mass is 263 g/mol. The molecule has 4 heteroatoms. The smallest absolute Gasteiger partial charge is 0.239 e. The maximum Gasteiger partial charge on any atom is 0.239 e. The van der Waals surface area contributed by atoms with E-state index in [4.69, 9.17) is 0 Å². The summed E-state index contributed by atoms with van der Waals surface area (Å²) in [6.07, 6.45) is 0. The van der Waals surface area contributed by atoms with E-state index < -0.39 is 9.93 Å². The highest BCUT2D eigenvalue weighted by molar-refractivity contribution is 9.10. The second-order valence-electron chi connectivity index (χ2n) is 4.89. The van der Waals surface area contributed by atoms with E-state index in [1.54, 1.807) is 4.90 Å². The fourth-order valence-electron chi connectivity index (χ4n) is 1.50. The first kappa shape index (κ1) is 12.0. The Morgan fingerprint density at radius 3 is 2.21 bits per heavy atom. The van der Waals surface area contributed by atoms with E-state index >= 15 is 0 Å². The van der Waals surface area contributed by atoms with Crippen molar-refractivity contribution in [2.24, 2.45) is 5.92 Å². The minimum absolute atomic E-state index is 0.0443. The van der Waals surface area contributed by atoms with Gasteiger partial charge in [0.05, 0.1) is 17.4 Å². The molecule has 0 spiro atoms. The maximum absolute atomic E-state index is 11.7. The highest BCUT2D eigenvalue weighted by Gasteiger charge is 2.48.